The highest BCUT2D eigenvalue weighted by Crippen LogP contribution is 2.32. The molecule has 0 atom stereocenters. The summed E-state index contributed by atoms with van der Waals surface area (Å²) in [4.78, 5) is 24.6. The van der Waals surface area contributed by atoms with Crippen molar-refractivity contribution in [1.29, 1.82) is 0 Å². The van der Waals surface area contributed by atoms with E-state index in [1.807, 2.05) is 12.1 Å². The maximum absolute atomic E-state index is 14.0. The minimum absolute atomic E-state index is 0.0729. The maximum Gasteiger partial charge on any atom is 0.252 e. The molecule has 0 radical (unpaired) electrons. The van der Waals surface area contributed by atoms with Gasteiger partial charge >= 0.3 is 0 Å². The van der Waals surface area contributed by atoms with Gasteiger partial charge in [-0.25, -0.2) is 4.98 Å². The molecule has 1 aliphatic carbocycles. The fourth-order valence-electron chi connectivity index (χ4n) is 7.58. The lowest BCUT2D eigenvalue weighted by Gasteiger charge is -2.40. The molecule has 0 spiro atoms. The number of carbonyl (C=O) groups is 1. The number of hydrogen-bond acceptors (Lipinski definition) is 4. The van der Waals surface area contributed by atoms with E-state index in [-0.39, 0.29) is 5.91 Å². The van der Waals surface area contributed by atoms with Gasteiger partial charge in [-0.05, 0) is 102 Å². The summed E-state index contributed by atoms with van der Waals surface area (Å²) < 4.78 is 0. The Morgan fingerprint density at radius 1 is 0.805 bits per heavy atom. The predicted molar refractivity (Wildman–Crippen MR) is 169 cm³/mol. The fraction of sp³-hybridized carbons (Fsp3) is 0.556. The minimum Gasteiger partial charge on any atom is -0.352 e. The molecule has 218 valence electrons. The summed E-state index contributed by atoms with van der Waals surface area (Å²) >= 11 is 0. The van der Waals surface area contributed by atoms with Crippen LogP contribution in [0.5, 0.6) is 0 Å². The van der Waals surface area contributed by atoms with Gasteiger partial charge in [0.25, 0.3) is 5.91 Å². The summed E-state index contributed by atoms with van der Waals surface area (Å²) in [6.07, 6.45) is 15.0. The van der Waals surface area contributed by atoms with E-state index in [0.29, 0.717) is 5.92 Å². The average Bonchev–Trinajstić information content (AvgIpc) is 3.05. The lowest BCUT2D eigenvalue weighted by molar-refractivity contribution is 0.0920. The summed E-state index contributed by atoms with van der Waals surface area (Å²) in [6, 6.07) is 19.5. The second-order valence-corrected chi connectivity index (χ2v) is 12.7. The van der Waals surface area contributed by atoms with Crippen LogP contribution in [0.25, 0.3) is 22.2 Å². The molecule has 6 rings (SSSR count). The van der Waals surface area contributed by atoms with Crippen LogP contribution in [0.15, 0.2) is 54.6 Å². The molecule has 1 N–H and O–H groups in total. The molecule has 5 heteroatoms. The first kappa shape index (κ1) is 28.4. The smallest absolute Gasteiger partial charge is 0.252 e. The van der Waals surface area contributed by atoms with Gasteiger partial charge in [-0.3, -0.25) is 4.79 Å². The highest BCUT2D eigenvalue weighted by atomic mass is 16.1. The van der Waals surface area contributed by atoms with Crippen molar-refractivity contribution in [2.75, 3.05) is 39.3 Å². The van der Waals surface area contributed by atoms with E-state index in [2.05, 4.69) is 57.6 Å². The number of amides is 1. The van der Waals surface area contributed by atoms with Crippen molar-refractivity contribution in [1.82, 2.24) is 20.1 Å². The number of para-hydroxylation sites is 1. The molecule has 5 nitrogen and oxygen atoms in total. The lowest BCUT2D eigenvalue weighted by atomic mass is 9.89. The van der Waals surface area contributed by atoms with Crippen molar-refractivity contribution < 1.29 is 4.79 Å². The Labute approximate surface area is 246 Å². The highest BCUT2D eigenvalue weighted by Gasteiger charge is 2.26. The van der Waals surface area contributed by atoms with Gasteiger partial charge in [0.1, 0.15) is 0 Å². The van der Waals surface area contributed by atoms with E-state index < -0.39 is 0 Å². The number of hydrogen-bond donors (Lipinski definition) is 1. The van der Waals surface area contributed by atoms with Crippen LogP contribution in [-0.4, -0.2) is 66.0 Å². The third kappa shape index (κ3) is 7.01. The number of nitrogens with one attached hydrogen (secondary N) is 1. The molecule has 41 heavy (non-hydrogen) atoms. The number of fused-ring (bicyclic) bond motifs is 1. The Hall–Kier alpha value is -2.76. The normalized spacial score (nSPS) is 19.9. The molecule has 1 aromatic heterocycles. The van der Waals surface area contributed by atoms with Crippen molar-refractivity contribution in [3.05, 3.63) is 65.7 Å². The largest absolute Gasteiger partial charge is 0.352 e. The molecule has 3 aromatic rings. The summed E-state index contributed by atoms with van der Waals surface area (Å²) in [7, 11) is 0. The van der Waals surface area contributed by atoms with E-state index in [0.717, 1.165) is 65.3 Å². The zero-order valence-electron chi connectivity index (χ0n) is 24.8. The van der Waals surface area contributed by atoms with Gasteiger partial charge in [0, 0.05) is 23.5 Å². The lowest BCUT2D eigenvalue weighted by Crippen LogP contribution is -2.46. The number of likely N-dealkylation sites (tertiary alicyclic amines) is 2. The number of benzene rings is 2. The standard InChI is InChI=1S/C36H48N4O/c41-36(37-27-28-13-4-1-5-14-28)34-31-17-8-9-19-33(31)38-35(29-15-6-2-7-16-29)32(34)18-12-22-39-25-20-30(21-26-39)40-23-10-3-11-24-40/h2,6-9,15-17,19,28,30H,1,3-5,10-14,18,20-27H2,(H,37,41). The second-order valence-electron chi connectivity index (χ2n) is 12.7. The quantitative estimate of drug-likeness (QED) is 0.308. The summed E-state index contributed by atoms with van der Waals surface area (Å²) in [5, 5.41) is 4.35. The molecule has 0 unspecified atom stereocenters. The number of pyridine rings is 1. The van der Waals surface area contributed by atoms with E-state index in [4.69, 9.17) is 4.98 Å². The zero-order chi connectivity index (χ0) is 27.9. The molecule has 2 aromatic carbocycles. The number of aromatic nitrogens is 1. The van der Waals surface area contributed by atoms with Crippen LogP contribution < -0.4 is 5.32 Å². The van der Waals surface area contributed by atoms with Crippen LogP contribution in [0, 0.1) is 5.92 Å². The number of carbonyl (C=O) groups excluding carboxylic acids is 1. The van der Waals surface area contributed by atoms with Gasteiger partial charge in [0.15, 0.2) is 0 Å². The van der Waals surface area contributed by atoms with Crippen LogP contribution in [0.3, 0.4) is 0 Å². The van der Waals surface area contributed by atoms with Crippen LogP contribution in [0.2, 0.25) is 0 Å². The zero-order valence-corrected chi connectivity index (χ0v) is 24.8. The monoisotopic (exact) mass is 552 g/mol. The molecule has 1 saturated carbocycles. The second kappa shape index (κ2) is 13.9. The number of piperidine rings is 2. The van der Waals surface area contributed by atoms with Crippen molar-refractivity contribution in [2.24, 2.45) is 5.92 Å². The molecular formula is C36H48N4O. The van der Waals surface area contributed by atoms with Crippen molar-refractivity contribution in [2.45, 2.75) is 83.1 Å². The fourth-order valence-corrected chi connectivity index (χ4v) is 7.58. The van der Waals surface area contributed by atoms with Crippen LogP contribution in [0.1, 0.15) is 86.6 Å². The molecule has 3 fully saturated rings. The number of rotatable bonds is 9. The molecule has 3 aliphatic rings. The summed E-state index contributed by atoms with van der Waals surface area (Å²) in [5.74, 6) is 0.675. The van der Waals surface area contributed by atoms with Crippen molar-refractivity contribution in [3.63, 3.8) is 0 Å². The van der Waals surface area contributed by atoms with E-state index in [9.17, 15) is 4.79 Å². The Kier molecular flexibility index (Phi) is 9.64. The van der Waals surface area contributed by atoms with Gasteiger partial charge in [-0.1, -0.05) is 74.2 Å². The molecular weight excluding hydrogens is 504 g/mol. The SMILES string of the molecule is O=C(NCC1CCCCC1)c1c(CCCN2CCC(N3CCCCC3)CC2)c(-c2ccccc2)nc2ccccc12. The van der Waals surface area contributed by atoms with Crippen LogP contribution >= 0.6 is 0 Å². The van der Waals surface area contributed by atoms with Gasteiger partial charge in [0.2, 0.25) is 0 Å². The Balaban J connectivity index is 1.21. The Morgan fingerprint density at radius 3 is 2.29 bits per heavy atom. The van der Waals surface area contributed by atoms with E-state index >= 15 is 0 Å². The van der Waals surface area contributed by atoms with Crippen LogP contribution in [0.4, 0.5) is 0 Å². The first-order valence-electron chi connectivity index (χ1n) is 16.5. The van der Waals surface area contributed by atoms with Gasteiger partial charge in [-0.15, -0.1) is 0 Å². The summed E-state index contributed by atoms with van der Waals surface area (Å²) in [5.41, 5.74) is 4.92. The topological polar surface area (TPSA) is 48.5 Å². The highest BCUT2D eigenvalue weighted by molar-refractivity contribution is 6.09. The van der Waals surface area contributed by atoms with Gasteiger partial charge in [0.05, 0.1) is 16.8 Å². The summed E-state index contributed by atoms with van der Waals surface area (Å²) in [6.45, 7) is 6.84. The Bertz CT molecular complexity index is 1270. The van der Waals surface area contributed by atoms with Crippen molar-refractivity contribution in [3.8, 4) is 11.3 Å². The predicted octanol–water partition coefficient (Wildman–Crippen LogP) is 7.09. The average molecular weight is 553 g/mol. The molecule has 2 saturated heterocycles. The first-order valence-corrected chi connectivity index (χ1v) is 16.5. The third-order valence-corrected chi connectivity index (χ3v) is 9.91. The van der Waals surface area contributed by atoms with Gasteiger partial charge in [-0.2, -0.15) is 0 Å². The van der Waals surface area contributed by atoms with Crippen LogP contribution in [-0.2, 0) is 6.42 Å². The number of nitrogens with zero attached hydrogens (tertiary/aromatic N) is 3. The molecule has 0 bridgehead atoms. The van der Waals surface area contributed by atoms with E-state index in [1.165, 1.54) is 90.4 Å². The minimum atomic E-state index is 0.0729. The van der Waals surface area contributed by atoms with E-state index in [1.54, 1.807) is 0 Å². The molecule has 1 amide bonds. The maximum atomic E-state index is 14.0. The molecule has 2 aliphatic heterocycles. The third-order valence-electron chi connectivity index (χ3n) is 9.91. The van der Waals surface area contributed by atoms with Gasteiger partial charge < -0.3 is 15.1 Å². The first-order chi connectivity index (χ1) is 20.3. The Morgan fingerprint density at radius 2 is 1.51 bits per heavy atom. The van der Waals surface area contributed by atoms with Crippen molar-refractivity contribution >= 4 is 16.8 Å². The molecule has 3 heterocycles.